The van der Waals surface area contributed by atoms with Crippen molar-refractivity contribution in [3.05, 3.63) is 95.9 Å². The Kier molecular flexibility index (Phi) is 8.24. The predicted octanol–water partition coefficient (Wildman–Crippen LogP) is 5.99. The molecule has 0 atom stereocenters. The van der Waals surface area contributed by atoms with Crippen LogP contribution in [0.1, 0.15) is 23.0 Å². The summed E-state index contributed by atoms with van der Waals surface area (Å²) in [5, 5.41) is 2.92. The number of halogens is 1. The molecule has 8 nitrogen and oxygen atoms in total. The molecule has 0 unspecified atom stereocenters. The number of ether oxygens (including phenoxy) is 2. The molecule has 1 saturated heterocycles. The van der Waals surface area contributed by atoms with Crippen LogP contribution in [0.2, 0.25) is 0 Å². The molecule has 3 amide bonds. The lowest BCUT2D eigenvalue weighted by Gasteiger charge is -2.34. The molecule has 9 heteroatoms. The van der Waals surface area contributed by atoms with Gasteiger partial charge in [0.2, 0.25) is 0 Å². The Balaban J connectivity index is 1.36. The van der Waals surface area contributed by atoms with E-state index in [9.17, 15) is 14.0 Å². The zero-order valence-electron chi connectivity index (χ0n) is 23.4. The summed E-state index contributed by atoms with van der Waals surface area (Å²) in [4.78, 5) is 30.2. The molecule has 0 bridgehead atoms. The van der Waals surface area contributed by atoms with Crippen molar-refractivity contribution in [2.45, 2.75) is 13.8 Å². The van der Waals surface area contributed by atoms with Crippen LogP contribution in [-0.4, -0.2) is 66.2 Å². The Morgan fingerprint density at radius 3 is 2.24 bits per heavy atom. The number of aromatic nitrogens is 1. The minimum Gasteiger partial charge on any atom is -0.497 e. The summed E-state index contributed by atoms with van der Waals surface area (Å²) in [6.45, 7) is 5.72. The molecule has 1 aromatic heterocycles. The first kappa shape index (κ1) is 27.8. The molecule has 41 heavy (non-hydrogen) atoms. The van der Waals surface area contributed by atoms with Crippen LogP contribution in [0.5, 0.6) is 11.5 Å². The molecule has 4 aromatic rings. The second-order valence-electron chi connectivity index (χ2n) is 9.68. The molecule has 0 saturated carbocycles. The van der Waals surface area contributed by atoms with E-state index in [-0.39, 0.29) is 17.8 Å². The molecular weight excluding hydrogens is 523 g/mol. The standard InChI is InChI=1S/C32H33FN4O4/c1-4-41-30-12-8-6-10-27(30)34-32(39)36-19-17-35(18-20-36)31(38)25-21-29(23-13-15-24(40-3)16-14-23)37(22(25)2)28-11-7-5-9-26(28)33/h5-16,21H,4,17-20H2,1-3H3,(H,34,39). The van der Waals surface area contributed by atoms with Gasteiger partial charge in [0.1, 0.15) is 17.3 Å². The number of piperazine rings is 1. The van der Waals surface area contributed by atoms with Crippen LogP contribution in [0.4, 0.5) is 14.9 Å². The van der Waals surface area contributed by atoms with Gasteiger partial charge in [-0.25, -0.2) is 9.18 Å². The fourth-order valence-corrected chi connectivity index (χ4v) is 5.07. The van der Waals surface area contributed by atoms with Crippen molar-refractivity contribution in [1.82, 2.24) is 14.4 Å². The molecule has 0 radical (unpaired) electrons. The SMILES string of the molecule is CCOc1ccccc1NC(=O)N1CCN(C(=O)c2cc(-c3ccc(OC)cc3)n(-c3ccccc3F)c2C)CC1. The summed E-state index contributed by atoms with van der Waals surface area (Å²) in [6, 6.07) is 22.8. The Morgan fingerprint density at radius 1 is 0.902 bits per heavy atom. The largest absolute Gasteiger partial charge is 0.497 e. The molecular formula is C32H33FN4O4. The summed E-state index contributed by atoms with van der Waals surface area (Å²) in [5.41, 5.74) is 3.62. The zero-order chi connectivity index (χ0) is 28.9. The van der Waals surface area contributed by atoms with Crippen LogP contribution >= 0.6 is 0 Å². The number of anilines is 1. The fraction of sp³-hybridized carbons (Fsp3) is 0.250. The Morgan fingerprint density at radius 2 is 1.56 bits per heavy atom. The topological polar surface area (TPSA) is 76.0 Å². The van der Waals surface area contributed by atoms with Crippen molar-refractivity contribution in [3.63, 3.8) is 0 Å². The van der Waals surface area contributed by atoms with E-state index in [1.54, 1.807) is 45.7 Å². The van der Waals surface area contributed by atoms with Gasteiger partial charge in [-0.05, 0) is 74.0 Å². The molecule has 2 heterocycles. The van der Waals surface area contributed by atoms with Crippen molar-refractivity contribution in [1.29, 1.82) is 0 Å². The lowest BCUT2D eigenvalue weighted by atomic mass is 10.1. The molecule has 3 aromatic carbocycles. The molecule has 1 aliphatic heterocycles. The number of rotatable bonds is 7. The van der Waals surface area contributed by atoms with Crippen LogP contribution in [0.25, 0.3) is 16.9 Å². The highest BCUT2D eigenvalue weighted by Crippen LogP contribution is 2.32. The molecule has 212 valence electrons. The summed E-state index contributed by atoms with van der Waals surface area (Å²) < 4.78 is 27.7. The minimum absolute atomic E-state index is 0.158. The van der Waals surface area contributed by atoms with Crippen LogP contribution in [0.15, 0.2) is 78.9 Å². The monoisotopic (exact) mass is 556 g/mol. The van der Waals surface area contributed by atoms with E-state index in [1.807, 2.05) is 62.4 Å². The van der Waals surface area contributed by atoms with Gasteiger partial charge in [0.15, 0.2) is 0 Å². The maximum Gasteiger partial charge on any atom is 0.322 e. The van der Waals surface area contributed by atoms with Crippen molar-refractivity contribution in [3.8, 4) is 28.4 Å². The van der Waals surface area contributed by atoms with E-state index in [2.05, 4.69) is 5.32 Å². The lowest BCUT2D eigenvalue weighted by Crippen LogP contribution is -2.51. The number of urea groups is 1. The van der Waals surface area contributed by atoms with Crippen molar-refractivity contribution in [2.75, 3.05) is 45.2 Å². The predicted molar refractivity (Wildman–Crippen MR) is 157 cm³/mol. The summed E-state index contributed by atoms with van der Waals surface area (Å²) in [5.74, 6) is 0.772. The van der Waals surface area contributed by atoms with Crippen LogP contribution in [-0.2, 0) is 0 Å². The van der Waals surface area contributed by atoms with Gasteiger partial charge in [0, 0.05) is 31.9 Å². The van der Waals surface area contributed by atoms with E-state index in [1.165, 1.54) is 6.07 Å². The summed E-state index contributed by atoms with van der Waals surface area (Å²) in [6.07, 6.45) is 0. The Hall–Kier alpha value is -4.79. The highest BCUT2D eigenvalue weighted by atomic mass is 19.1. The normalized spacial score (nSPS) is 13.2. The van der Waals surface area contributed by atoms with Gasteiger partial charge < -0.3 is 29.2 Å². The number of carbonyl (C=O) groups is 2. The zero-order valence-corrected chi connectivity index (χ0v) is 23.4. The number of carbonyl (C=O) groups excluding carboxylic acids is 2. The maximum absolute atomic E-state index is 15.0. The average Bonchev–Trinajstić information content (AvgIpc) is 3.34. The lowest BCUT2D eigenvalue weighted by molar-refractivity contribution is 0.0671. The van der Waals surface area contributed by atoms with E-state index in [0.717, 1.165) is 5.56 Å². The smallest absolute Gasteiger partial charge is 0.322 e. The van der Waals surface area contributed by atoms with Crippen LogP contribution < -0.4 is 14.8 Å². The van der Waals surface area contributed by atoms with E-state index >= 15 is 0 Å². The van der Waals surface area contributed by atoms with Gasteiger partial charge in [-0.1, -0.05) is 24.3 Å². The number of nitrogens with zero attached hydrogens (tertiary/aromatic N) is 3. The Bertz CT molecular complexity index is 1540. The van der Waals surface area contributed by atoms with Gasteiger partial charge in [-0.15, -0.1) is 0 Å². The summed E-state index contributed by atoms with van der Waals surface area (Å²) in [7, 11) is 1.60. The third kappa shape index (κ3) is 5.75. The molecule has 0 spiro atoms. The van der Waals surface area contributed by atoms with Crippen LogP contribution in [0.3, 0.4) is 0 Å². The third-order valence-corrected chi connectivity index (χ3v) is 7.24. The number of amides is 3. The maximum atomic E-state index is 15.0. The second-order valence-corrected chi connectivity index (χ2v) is 9.68. The van der Waals surface area contributed by atoms with Gasteiger partial charge in [-0.2, -0.15) is 0 Å². The highest BCUT2D eigenvalue weighted by molar-refractivity contribution is 5.98. The minimum atomic E-state index is -0.384. The first-order valence-electron chi connectivity index (χ1n) is 13.6. The van der Waals surface area contributed by atoms with Crippen molar-refractivity contribution < 1.29 is 23.5 Å². The quantitative estimate of drug-likeness (QED) is 0.304. The number of hydrogen-bond donors (Lipinski definition) is 1. The van der Waals surface area contributed by atoms with E-state index in [4.69, 9.17) is 9.47 Å². The second kappa shape index (κ2) is 12.2. The van der Waals surface area contributed by atoms with Crippen molar-refractivity contribution in [2.24, 2.45) is 0 Å². The van der Waals surface area contributed by atoms with Gasteiger partial charge >= 0.3 is 6.03 Å². The van der Waals surface area contributed by atoms with E-state index in [0.29, 0.717) is 72.6 Å². The van der Waals surface area contributed by atoms with E-state index < -0.39 is 0 Å². The first-order valence-corrected chi connectivity index (χ1v) is 13.6. The number of para-hydroxylation sites is 3. The molecule has 5 rings (SSSR count). The van der Waals surface area contributed by atoms with Gasteiger partial charge in [0.25, 0.3) is 5.91 Å². The number of benzene rings is 3. The number of nitrogens with one attached hydrogen (secondary N) is 1. The first-order chi connectivity index (χ1) is 19.9. The molecule has 0 aliphatic carbocycles. The summed E-state index contributed by atoms with van der Waals surface area (Å²) >= 11 is 0. The van der Waals surface area contributed by atoms with Crippen LogP contribution in [0, 0.1) is 12.7 Å². The number of hydrogen-bond acceptors (Lipinski definition) is 4. The van der Waals surface area contributed by atoms with Crippen molar-refractivity contribution >= 4 is 17.6 Å². The Labute approximate surface area is 238 Å². The highest BCUT2D eigenvalue weighted by Gasteiger charge is 2.29. The fourth-order valence-electron chi connectivity index (χ4n) is 5.07. The molecule has 1 fully saturated rings. The average molecular weight is 557 g/mol. The molecule has 1 N–H and O–H groups in total. The van der Waals surface area contributed by atoms with Gasteiger partial charge in [0.05, 0.1) is 36.3 Å². The molecule has 1 aliphatic rings. The third-order valence-electron chi connectivity index (χ3n) is 7.24. The van der Waals surface area contributed by atoms with Gasteiger partial charge in [-0.3, -0.25) is 4.79 Å². The number of methoxy groups -OCH3 is 1.